The molecule has 2 unspecified atom stereocenters. The summed E-state index contributed by atoms with van der Waals surface area (Å²) in [5.74, 6) is 0.0900. The van der Waals surface area contributed by atoms with E-state index in [0.717, 1.165) is 48.2 Å². The lowest BCUT2D eigenvalue weighted by Crippen LogP contribution is -2.39. The van der Waals surface area contributed by atoms with Gasteiger partial charge in [0, 0.05) is 36.8 Å². The van der Waals surface area contributed by atoms with Crippen LogP contribution in [0.4, 0.5) is 0 Å². The van der Waals surface area contributed by atoms with Crippen LogP contribution in [-0.4, -0.2) is 50.7 Å². The van der Waals surface area contributed by atoms with Crippen LogP contribution in [0.25, 0.3) is 22.3 Å². The van der Waals surface area contributed by atoms with E-state index in [-0.39, 0.29) is 11.9 Å². The van der Waals surface area contributed by atoms with E-state index in [9.17, 15) is 4.79 Å². The van der Waals surface area contributed by atoms with Gasteiger partial charge in [-0.1, -0.05) is 30.3 Å². The van der Waals surface area contributed by atoms with Gasteiger partial charge in [-0.15, -0.1) is 0 Å². The number of hydrogen-bond acceptors (Lipinski definition) is 4. The molecule has 2 aliphatic heterocycles. The molecular formula is C23H27N5O. The van der Waals surface area contributed by atoms with Gasteiger partial charge in [-0.3, -0.25) is 4.79 Å². The summed E-state index contributed by atoms with van der Waals surface area (Å²) in [6.45, 7) is 5.75. The molecule has 150 valence electrons. The maximum absolute atomic E-state index is 13.6. The topological polar surface area (TPSA) is 63.1 Å². The van der Waals surface area contributed by atoms with E-state index >= 15 is 0 Å². The predicted octanol–water partition coefficient (Wildman–Crippen LogP) is 3.65. The molecule has 29 heavy (non-hydrogen) atoms. The third-order valence-corrected chi connectivity index (χ3v) is 6.17. The second-order valence-electron chi connectivity index (χ2n) is 8.52. The number of nitrogens with one attached hydrogen (secondary N) is 1. The zero-order chi connectivity index (χ0) is 20.0. The highest BCUT2D eigenvalue weighted by atomic mass is 16.2. The molecule has 1 amide bonds. The van der Waals surface area contributed by atoms with Gasteiger partial charge in [-0.2, -0.15) is 5.10 Å². The first-order valence-corrected chi connectivity index (χ1v) is 10.6. The maximum atomic E-state index is 13.6. The van der Waals surface area contributed by atoms with Gasteiger partial charge >= 0.3 is 0 Å². The summed E-state index contributed by atoms with van der Waals surface area (Å²) in [6.07, 6.45) is 5.20. The van der Waals surface area contributed by atoms with E-state index < -0.39 is 0 Å². The van der Waals surface area contributed by atoms with Crippen LogP contribution in [0.15, 0.2) is 42.6 Å². The van der Waals surface area contributed by atoms with Crippen molar-refractivity contribution in [2.45, 2.75) is 51.2 Å². The fourth-order valence-corrected chi connectivity index (χ4v) is 4.63. The fourth-order valence-electron chi connectivity index (χ4n) is 4.63. The quantitative estimate of drug-likeness (QED) is 0.743. The van der Waals surface area contributed by atoms with Crippen molar-refractivity contribution in [1.82, 2.24) is 25.0 Å². The molecular weight excluding hydrogens is 362 g/mol. The van der Waals surface area contributed by atoms with Crippen LogP contribution in [0.2, 0.25) is 0 Å². The van der Waals surface area contributed by atoms with E-state index in [1.54, 1.807) is 6.20 Å². The summed E-state index contributed by atoms with van der Waals surface area (Å²) in [6, 6.07) is 13.1. The third-order valence-electron chi connectivity index (χ3n) is 6.17. The van der Waals surface area contributed by atoms with E-state index in [0.29, 0.717) is 17.6 Å². The zero-order valence-electron chi connectivity index (χ0n) is 17.0. The van der Waals surface area contributed by atoms with Crippen molar-refractivity contribution >= 4 is 16.9 Å². The number of rotatable bonds is 3. The Bertz CT molecular complexity index is 1040. The summed E-state index contributed by atoms with van der Waals surface area (Å²) < 4.78 is 1.91. The molecule has 2 aliphatic rings. The van der Waals surface area contributed by atoms with Crippen molar-refractivity contribution in [3.05, 3.63) is 48.2 Å². The van der Waals surface area contributed by atoms with Gasteiger partial charge in [-0.05, 0) is 39.2 Å². The summed E-state index contributed by atoms with van der Waals surface area (Å²) in [4.78, 5) is 20.5. The van der Waals surface area contributed by atoms with Gasteiger partial charge < -0.3 is 10.2 Å². The minimum absolute atomic E-state index is 0.0900. The van der Waals surface area contributed by atoms with E-state index in [1.165, 1.54) is 6.42 Å². The van der Waals surface area contributed by atoms with E-state index in [4.69, 9.17) is 4.98 Å². The second kappa shape index (κ2) is 7.26. The molecule has 1 aromatic carbocycles. The molecule has 2 aromatic heterocycles. The second-order valence-corrected chi connectivity index (χ2v) is 8.52. The Morgan fingerprint density at radius 3 is 2.72 bits per heavy atom. The fraction of sp³-hybridized carbons (Fsp3) is 0.435. The van der Waals surface area contributed by atoms with Crippen LogP contribution in [0.1, 0.15) is 49.5 Å². The summed E-state index contributed by atoms with van der Waals surface area (Å²) in [7, 11) is 0. The number of benzene rings is 1. The summed E-state index contributed by atoms with van der Waals surface area (Å²) in [5, 5.41) is 9.04. The SMILES string of the molecule is CC(C)n1ncc2c(C(=O)N3CCC4CCC(C3)N4)cc(-c3ccccc3)nc21. The number of nitrogens with zero attached hydrogens (tertiary/aromatic N) is 4. The highest BCUT2D eigenvalue weighted by Crippen LogP contribution is 2.28. The van der Waals surface area contributed by atoms with Gasteiger partial charge in [0.25, 0.3) is 5.91 Å². The molecule has 5 rings (SSSR count). The number of pyridine rings is 1. The molecule has 6 nitrogen and oxygen atoms in total. The minimum atomic E-state index is 0.0900. The molecule has 0 spiro atoms. The molecule has 2 saturated heterocycles. The molecule has 6 heteroatoms. The average molecular weight is 390 g/mol. The van der Waals surface area contributed by atoms with Gasteiger partial charge in [0.05, 0.1) is 22.8 Å². The lowest BCUT2D eigenvalue weighted by Gasteiger charge is -2.25. The van der Waals surface area contributed by atoms with Crippen molar-refractivity contribution in [2.75, 3.05) is 13.1 Å². The Morgan fingerprint density at radius 1 is 1.14 bits per heavy atom. The standard InChI is InChI=1S/C23H27N5O/c1-15(2)28-22-20(13-24-28)19(12-21(26-22)16-6-4-3-5-7-16)23(29)27-11-10-17-8-9-18(14-27)25-17/h3-7,12-13,15,17-18,25H,8-11,14H2,1-2H3. The van der Waals surface area contributed by atoms with Gasteiger partial charge in [-0.25, -0.2) is 9.67 Å². The number of fused-ring (bicyclic) bond motifs is 3. The normalized spacial score (nSPS) is 21.7. The predicted molar refractivity (Wildman–Crippen MR) is 114 cm³/mol. The van der Waals surface area contributed by atoms with Gasteiger partial charge in [0.2, 0.25) is 0 Å². The highest BCUT2D eigenvalue weighted by Gasteiger charge is 2.32. The molecule has 2 bridgehead atoms. The largest absolute Gasteiger partial charge is 0.337 e. The van der Waals surface area contributed by atoms with Crippen molar-refractivity contribution in [1.29, 1.82) is 0 Å². The Kier molecular flexibility index (Phi) is 4.59. The smallest absolute Gasteiger partial charge is 0.254 e. The molecule has 1 N–H and O–H groups in total. The number of amides is 1. The number of hydrogen-bond donors (Lipinski definition) is 1. The van der Waals surface area contributed by atoms with E-state index in [2.05, 4.69) is 24.3 Å². The zero-order valence-corrected chi connectivity index (χ0v) is 17.0. The molecule has 3 aromatic rings. The number of carbonyl (C=O) groups is 1. The first-order chi connectivity index (χ1) is 14.1. The Balaban J connectivity index is 1.61. The Hall–Kier alpha value is -2.73. The lowest BCUT2D eigenvalue weighted by atomic mass is 10.0. The van der Waals surface area contributed by atoms with Crippen molar-refractivity contribution in [3.63, 3.8) is 0 Å². The molecule has 2 atom stereocenters. The summed E-state index contributed by atoms with van der Waals surface area (Å²) in [5.41, 5.74) is 3.31. The maximum Gasteiger partial charge on any atom is 0.254 e. The van der Waals surface area contributed by atoms with E-state index in [1.807, 2.05) is 46.0 Å². The van der Waals surface area contributed by atoms with Gasteiger partial charge in [0.1, 0.15) is 0 Å². The first-order valence-electron chi connectivity index (χ1n) is 10.6. The molecule has 0 aliphatic carbocycles. The van der Waals surface area contributed by atoms with Crippen LogP contribution in [0.5, 0.6) is 0 Å². The average Bonchev–Trinajstić information content (AvgIpc) is 3.30. The third kappa shape index (κ3) is 3.31. The lowest BCUT2D eigenvalue weighted by molar-refractivity contribution is 0.0750. The molecule has 0 saturated carbocycles. The first kappa shape index (κ1) is 18.3. The Morgan fingerprint density at radius 2 is 1.93 bits per heavy atom. The molecule has 4 heterocycles. The summed E-state index contributed by atoms with van der Waals surface area (Å²) >= 11 is 0. The minimum Gasteiger partial charge on any atom is -0.337 e. The number of carbonyl (C=O) groups excluding carboxylic acids is 1. The molecule has 0 radical (unpaired) electrons. The van der Waals surface area contributed by atoms with Gasteiger partial charge in [0.15, 0.2) is 5.65 Å². The van der Waals surface area contributed by atoms with Crippen LogP contribution in [0, 0.1) is 0 Å². The van der Waals surface area contributed by atoms with Crippen LogP contribution in [-0.2, 0) is 0 Å². The number of aromatic nitrogens is 3. The molecule has 2 fully saturated rings. The van der Waals surface area contributed by atoms with Crippen molar-refractivity contribution in [3.8, 4) is 11.3 Å². The van der Waals surface area contributed by atoms with Crippen LogP contribution in [0.3, 0.4) is 0 Å². The van der Waals surface area contributed by atoms with Crippen LogP contribution < -0.4 is 5.32 Å². The number of likely N-dealkylation sites (tertiary alicyclic amines) is 1. The van der Waals surface area contributed by atoms with Crippen molar-refractivity contribution < 1.29 is 4.79 Å². The highest BCUT2D eigenvalue weighted by molar-refractivity contribution is 6.06. The Labute approximate surface area is 170 Å². The van der Waals surface area contributed by atoms with Crippen LogP contribution >= 0.6 is 0 Å². The van der Waals surface area contributed by atoms with Crippen molar-refractivity contribution in [2.24, 2.45) is 0 Å². The monoisotopic (exact) mass is 389 g/mol.